The Balaban J connectivity index is 2.01. The van der Waals surface area contributed by atoms with Gasteiger partial charge in [0.25, 0.3) is 0 Å². The summed E-state index contributed by atoms with van der Waals surface area (Å²) in [6.07, 6.45) is 0.853. The Morgan fingerprint density at radius 1 is 1.05 bits per heavy atom. The molecule has 2 aromatic rings. The van der Waals surface area contributed by atoms with E-state index in [0.717, 1.165) is 12.1 Å². The molecule has 0 aliphatic carbocycles. The average Bonchev–Trinajstić information content (AvgIpc) is 2.49. The highest BCUT2D eigenvalue weighted by atomic mass is 35.5. The van der Waals surface area contributed by atoms with Crippen molar-refractivity contribution in [1.82, 2.24) is 0 Å². The summed E-state index contributed by atoms with van der Waals surface area (Å²) in [5.74, 6) is 0.378. The monoisotopic (exact) mass is 289 g/mol. The quantitative estimate of drug-likeness (QED) is 0.831. The lowest BCUT2D eigenvalue weighted by Crippen LogP contribution is -2.25. The van der Waals surface area contributed by atoms with E-state index < -0.39 is 0 Å². The Hall–Kier alpha value is -1.51. The minimum absolute atomic E-state index is 0.00916. The molecule has 0 saturated heterocycles. The number of rotatable bonds is 6. The van der Waals surface area contributed by atoms with Crippen molar-refractivity contribution in [2.45, 2.75) is 25.3 Å². The Morgan fingerprint density at radius 2 is 1.70 bits per heavy atom. The van der Waals surface area contributed by atoms with E-state index in [9.17, 15) is 5.11 Å². The van der Waals surface area contributed by atoms with Gasteiger partial charge in [0.05, 0.1) is 17.3 Å². The van der Waals surface area contributed by atoms with Crippen LogP contribution in [0.1, 0.15) is 24.8 Å². The third-order valence-corrected chi connectivity index (χ3v) is 3.79. The van der Waals surface area contributed by atoms with Gasteiger partial charge in [-0.3, -0.25) is 0 Å². The molecule has 2 N–H and O–H groups in total. The van der Waals surface area contributed by atoms with Crippen LogP contribution in [0.2, 0.25) is 5.02 Å². The van der Waals surface area contributed by atoms with E-state index in [-0.39, 0.29) is 12.6 Å². The zero-order chi connectivity index (χ0) is 14.4. The molecular weight excluding hydrogens is 270 g/mol. The second-order valence-electron chi connectivity index (χ2n) is 5.05. The van der Waals surface area contributed by atoms with Crippen LogP contribution in [0, 0.1) is 0 Å². The Morgan fingerprint density at radius 3 is 2.35 bits per heavy atom. The molecule has 106 valence electrons. The van der Waals surface area contributed by atoms with Gasteiger partial charge >= 0.3 is 0 Å². The highest BCUT2D eigenvalue weighted by molar-refractivity contribution is 6.33. The summed E-state index contributed by atoms with van der Waals surface area (Å²) < 4.78 is 0. The van der Waals surface area contributed by atoms with Gasteiger partial charge in [0.2, 0.25) is 0 Å². The van der Waals surface area contributed by atoms with Crippen molar-refractivity contribution in [1.29, 1.82) is 0 Å². The van der Waals surface area contributed by atoms with Gasteiger partial charge in [-0.2, -0.15) is 0 Å². The topological polar surface area (TPSA) is 32.3 Å². The van der Waals surface area contributed by atoms with Crippen LogP contribution in [0.5, 0.6) is 0 Å². The lowest BCUT2D eigenvalue weighted by molar-refractivity contribution is 0.264. The molecule has 0 spiro atoms. The van der Waals surface area contributed by atoms with Crippen molar-refractivity contribution in [3.8, 4) is 0 Å². The van der Waals surface area contributed by atoms with Gasteiger partial charge < -0.3 is 10.4 Å². The third-order valence-electron chi connectivity index (χ3n) is 3.46. The second-order valence-corrected chi connectivity index (χ2v) is 5.46. The number of aliphatic hydroxyl groups excluding tert-OH is 1. The average molecular weight is 290 g/mol. The van der Waals surface area contributed by atoms with Crippen molar-refractivity contribution in [2.75, 3.05) is 11.9 Å². The molecule has 2 nitrogen and oxygen atoms in total. The molecule has 2 aromatic carbocycles. The predicted octanol–water partition coefficient (Wildman–Crippen LogP) is 4.31. The third kappa shape index (κ3) is 3.99. The van der Waals surface area contributed by atoms with Crippen molar-refractivity contribution in [3.05, 3.63) is 65.2 Å². The number of halogens is 1. The van der Waals surface area contributed by atoms with E-state index >= 15 is 0 Å². The first-order valence-electron chi connectivity index (χ1n) is 6.87. The summed E-state index contributed by atoms with van der Waals surface area (Å²) in [7, 11) is 0. The number of aliphatic hydroxyl groups is 1. The molecule has 0 fully saturated rings. The zero-order valence-corrected chi connectivity index (χ0v) is 12.3. The first kappa shape index (κ1) is 14.9. The first-order chi connectivity index (χ1) is 9.70. The maximum absolute atomic E-state index is 9.57. The molecule has 0 saturated carbocycles. The maximum atomic E-state index is 9.57. The minimum Gasteiger partial charge on any atom is -0.394 e. The van der Waals surface area contributed by atoms with E-state index in [0.29, 0.717) is 10.9 Å². The fourth-order valence-electron chi connectivity index (χ4n) is 2.32. The largest absolute Gasteiger partial charge is 0.394 e. The van der Waals surface area contributed by atoms with Crippen molar-refractivity contribution >= 4 is 17.3 Å². The fourth-order valence-corrected chi connectivity index (χ4v) is 2.51. The predicted molar refractivity (Wildman–Crippen MR) is 85.4 cm³/mol. The number of anilines is 1. The number of nitrogens with one attached hydrogen (secondary N) is 1. The number of para-hydroxylation sites is 1. The van der Waals surface area contributed by atoms with Gasteiger partial charge in [-0.05, 0) is 30.0 Å². The summed E-state index contributed by atoms with van der Waals surface area (Å²) in [5, 5.41) is 13.6. The highest BCUT2D eigenvalue weighted by Crippen LogP contribution is 2.25. The van der Waals surface area contributed by atoms with Gasteiger partial charge in [-0.1, -0.05) is 61.0 Å². The van der Waals surface area contributed by atoms with E-state index in [1.54, 1.807) is 0 Å². The molecule has 0 aliphatic rings. The zero-order valence-electron chi connectivity index (χ0n) is 11.6. The van der Waals surface area contributed by atoms with E-state index in [2.05, 4.69) is 24.4 Å². The molecule has 0 heterocycles. The standard InChI is InChI=1S/C17H20ClNO/c1-13(14-7-3-2-4-8-14)11-15(12-20)19-17-10-6-5-9-16(17)18/h2-10,13,15,19-20H,11-12H2,1H3. The minimum atomic E-state index is -0.00916. The summed E-state index contributed by atoms with van der Waals surface area (Å²) in [6.45, 7) is 2.26. The van der Waals surface area contributed by atoms with E-state index in [4.69, 9.17) is 11.6 Å². The molecule has 0 aliphatic heterocycles. The second kappa shape index (κ2) is 7.32. The molecule has 20 heavy (non-hydrogen) atoms. The van der Waals surface area contributed by atoms with E-state index in [1.807, 2.05) is 42.5 Å². The number of hydrogen-bond donors (Lipinski definition) is 2. The lowest BCUT2D eigenvalue weighted by Gasteiger charge is -2.22. The van der Waals surface area contributed by atoms with Crippen LogP contribution in [-0.2, 0) is 0 Å². The molecule has 0 bridgehead atoms. The fraction of sp³-hybridized carbons (Fsp3) is 0.294. The first-order valence-corrected chi connectivity index (χ1v) is 7.25. The molecule has 0 radical (unpaired) electrons. The maximum Gasteiger partial charge on any atom is 0.0637 e. The van der Waals surface area contributed by atoms with Gasteiger partial charge in [0, 0.05) is 6.04 Å². The van der Waals surface area contributed by atoms with Crippen molar-refractivity contribution in [3.63, 3.8) is 0 Å². The summed E-state index contributed by atoms with van der Waals surface area (Å²) in [4.78, 5) is 0. The molecule has 0 aromatic heterocycles. The summed E-state index contributed by atoms with van der Waals surface area (Å²) in [5.41, 5.74) is 2.15. The summed E-state index contributed by atoms with van der Waals surface area (Å²) >= 11 is 6.13. The van der Waals surface area contributed by atoms with Gasteiger partial charge in [0.1, 0.15) is 0 Å². The van der Waals surface area contributed by atoms with Crippen LogP contribution in [0.3, 0.4) is 0 Å². The Kier molecular flexibility index (Phi) is 5.45. The number of benzene rings is 2. The van der Waals surface area contributed by atoms with Crippen molar-refractivity contribution in [2.24, 2.45) is 0 Å². The van der Waals surface area contributed by atoms with E-state index in [1.165, 1.54) is 5.56 Å². The van der Waals surface area contributed by atoms with Crippen molar-refractivity contribution < 1.29 is 5.11 Å². The smallest absolute Gasteiger partial charge is 0.0637 e. The van der Waals surface area contributed by atoms with Gasteiger partial charge in [0.15, 0.2) is 0 Å². The summed E-state index contributed by atoms with van der Waals surface area (Å²) in [6, 6.07) is 17.9. The Bertz CT molecular complexity index is 530. The van der Waals surface area contributed by atoms with Crippen LogP contribution in [0.15, 0.2) is 54.6 Å². The van der Waals surface area contributed by atoms with Crippen LogP contribution in [0.25, 0.3) is 0 Å². The van der Waals surface area contributed by atoms with Gasteiger partial charge in [-0.15, -0.1) is 0 Å². The molecule has 2 unspecified atom stereocenters. The van der Waals surface area contributed by atoms with Crippen LogP contribution >= 0.6 is 11.6 Å². The van der Waals surface area contributed by atoms with Crippen LogP contribution < -0.4 is 5.32 Å². The van der Waals surface area contributed by atoms with Gasteiger partial charge in [-0.25, -0.2) is 0 Å². The molecule has 2 atom stereocenters. The molecule has 2 rings (SSSR count). The lowest BCUT2D eigenvalue weighted by atomic mass is 9.94. The highest BCUT2D eigenvalue weighted by Gasteiger charge is 2.14. The van der Waals surface area contributed by atoms with Crippen LogP contribution in [0.4, 0.5) is 5.69 Å². The Labute approximate surface area is 125 Å². The molecule has 0 amide bonds. The normalized spacial score (nSPS) is 13.8. The molecule has 3 heteroatoms. The molecular formula is C17H20ClNO. The SMILES string of the molecule is CC(CC(CO)Nc1ccccc1Cl)c1ccccc1. The van der Waals surface area contributed by atoms with Crippen LogP contribution in [-0.4, -0.2) is 17.8 Å². The number of hydrogen-bond acceptors (Lipinski definition) is 2.